The second-order valence-corrected chi connectivity index (χ2v) is 9.67. The van der Waals surface area contributed by atoms with Crippen LogP contribution in [0.15, 0.2) is 30.3 Å². The molecule has 0 spiro atoms. The molecule has 1 N–H and O–H groups in total. The van der Waals surface area contributed by atoms with E-state index in [0.717, 1.165) is 24.0 Å². The smallest absolute Gasteiger partial charge is 0.272 e. The minimum absolute atomic E-state index is 0.201. The molecule has 1 atom stereocenters. The average molecular weight is 455 g/mol. The zero-order valence-corrected chi connectivity index (χ0v) is 21.5. The number of hydrazine groups is 1. The van der Waals surface area contributed by atoms with Crippen molar-refractivity contribution >= 4 is 11.8 Å². The highest BCUT2D eigenvalue weighted by molar-refractivity contribution is 6.00. The van der Waals surface area contributed by atoms with Gasteiger partial charge < -0.3 is 9.47 Å². The lowest BCUT2D eigenvalue weighted by Crippen LogP contribution is -2.56. The molecule has 2 rings (SSSR count). The summed E-state index contributed by atoms with van der Waals surface area (Å²) in [5.74, 6) is 0.451. The predicted molar refractivity (Wildman–Crippen MR) is 132 cm³/mol. The number of hydrogen-bond acceptors (Lipinski definition) is 4. The fourth-order valence-corrected chi connectivity index (χ4v) is 4.13. The van der Waals surface area contributed by atoms with Gasteiger partial charge in [-0.05, 0) is 50.8 Å². The Balaban J connectivity index is 2.56. The normalized spacial score (nSPS) is 12.2. The molecule has 0 aliphatic carbocycles. The second kappa shape index (κ2) is 10.7. The minimum atomic E-state index is -0.382. The van der Waals surface area contributed by atoms with Crippen LogP contribution >= 0.6 is 0 Å². The minimum Gasteiger partial charge on any atom is -0.497 e. The zero-order chi connectivity index (χ0) is 24.9. The van der Waals surface area contributed by atoms with Crippen molar-refractivity contribution in [1.82, 2.24) is 10.4 Å². The van der Waals surface area contributed by atoms with E-state index >= 15 is 0 Å². The Morgan fingerprint density at radius 3 is 2.06 bits per heavy atom. The van der Waals surface area contributed by atoms with Crippen molar-refractivity contribution in [3.8, 4) is 11.5 Å². The molecule has 33 heavy (non-hydrogen) atoms. The van der Waals surface area contributed by atoms with Crippen molar-refractivity contribution in [2.75, 3.05) is 14.2 Å². The molecule has 0 radical (unpaired) electrons. The van der Waals surface area contributed by atoms with Crippen LogP contribution in [0.4, 0.5) is 0 Å². The Kier molecular flexibility index (Phi) is 8.53. The summed E-state index contributed by atoms with van der Waals surface area (Å²) in [6, 6.07) is 8.95. The molecule has 180 valence electrons. The SMILES string of the molecule is CCC[C@@H](N(NC(=O)c1cc(OC)cc(OC)c1C)C(=O)c1cc(C)cc(C)c1)C(C)(C)C. The van der Waals surface area contributed by atoms with Crippen LogP contribution in [-0.2, 0) is 0 Å². The summed E-state index contributed by atoms with van der Waals surface area (Å²) >= 11 is 0. The van der Waals surface area contributed by atoms with E-state index in [-0.39, 0.29) is 23.3 Å². The van der Waals surface area contributed by atoms with Gasteiger partial charge in [-0.15, -0.1) is 0 Å². The van der Waals surface area contributed by atoms with Crippen molar-refractivity contribution in [2.45, 2.75) is 67.3 Å². The summed E-state index contributed by atoms with van der Waals surface area (Å²) in [6.07, 6.45) is 1.63. The predicted octanol–water partition coefficient (Wildman–Crippen LogP) is 5.63. The fraction of sp³-hybridized carbons (Fsp3) is 0.481. The molecule has 0 heterocycles. The number of methoxy groups -OCH3 is 2. The van der Waals surface area contributed by atoms with E-state index in [2.05, 4.69) is 33.1 Å². The number of nitrogens with zero attached hydrogens (tertiary/aromatic N) is 1. The monoisotopic (exact) mass is 454 g/mol. The highest BCUT2D eigenvalue weighted by atomic mass is 16.5. The maximum Gasteiger partial charge on any atom is 0.272 e. The lowest BCUT2D eigenvalue weighted by atomic mass is 9.83. The molecule has 0 saturated heterocycles. The van der Waals surface area contributed by atoms with Crippen molar-refractivity contribution in [3.63, 3.8) is 0 Å². The molecule has 0 unspecified atom stereocenters. The van der Waals surface area contributed by atoms with Crippen LogP contribution in [-0.4, -0.2) is 37.1 Å². The number of aryl methyl sites for hydroxylation is 2. The largest absolute Gasteiger partial charge is 0.497 e. The van der Waals surface area contributed by atoms with Crippen LogP contribution in [0.1, 0.15) is 77.9 Å². The highest BCUT2D eigenvalue weighted by Crippen LogP contribution is 2.31. The summed E-state index contributed by atoms with van der Waals surface area (Å²) in [4.78, 5) is 27.3. The van der Waals surface area contributed by atoms with E-state index in [4.69, 9.17) is 9.47 Å². The third-order valence-corrected chi connectivity index (χ3v) is 5.82. The molecular formula is C27H38N2O4. The Morgan fingerprint density at radius 1 is 0.970 bits per heavy atom. The number of nitrogens with one attached hydrogen (secondary N) is 1. The first-order valence-electron chi connectivity index (χ1n) is 11.4. The standard InChI is InChI=1S/C27H38N2O4/c1-10-11-24(27(5,6)7)29(26(31)20-13-17(2)12-18(3)14-20)28-25(30)22-15-21(32-8)16-23(33-9)19(22)4/h12-16,24H,10-11H2,1-9H3,(H,28,30)/t24-/m1/s1. The summed E-state index contributed by atoms with van der Waals surface area (Å²) in [7, 11) is 3.09. The molecule has 0 bridgehead atoms. The number of ether oxygens (including phenoxy) is 2. The van der Waals surface area contributed by atoms with E-state index in [1.54, 1.807) is 26.4 Å². The van der Waals surface area contributed by atoms with Gasteiger partial charge in [0.2, 0.25) is 0 Å². The summed E-state index contributed by atoms with van der Waals surface area (Å²) in [5, 5.41) is 1.52. The van der Waals surface area contributed by atoms with Crippen LogP contribution < -0.4 is 14.9 Å². The topological polar surface area (TPSA) is 67.9 Å². The molecular weight excluding hydrogens is 416 g/mol. The average Bonchev–Trinajstić information content (AvgIpc) is 2.74. The molecule has 0 aliphatic heterocycles. The maximum atomic E-state index is 13.8. The summed E-state index contributed by atoms with van der Waals surface area (Å²) in [5.41, 5.74) is 6.32. The highest BCUT2D eigenvalue weighted by Gasteiger charge is 2.35. The molecule has 6 nitrogen and oxygen atoms in total. The van der Waals surface area contributed by atoms with Gasteiger partial charge in [-0.2, -0.15) is 0 Å². The lowest BCUT2D eigenvalue weighted by Gasteiger charge is -2.40. The van der Waals surface area contributed by atoms with Crippen molar-refractivity contribution in [2.24, 2.45) is 5.41 Å². The Morgan fingerprint density at radius 2 is 1.58 bits per heavy atom. The second-order valence-electron chi connectivity index (χ2n) is 9.67. The van der Waals surface area contributed by atoms with Crippen molar-refractivity contribution < 1.29 is 19.1 Å². The maximum absolute atomic E-state index is 13.8. The van der Waals surface area contributed by atoms with Gasteiger partial charge in [0, 0.05) is 17.2 Å². The number of benzene rings is 2. The van der Waals surface area contributed by atoms with E-state index in [0.29, 0.717) is 28.2 Å². The van der Waals surface area contributed by atoms with Gasteiger partial charge in [0.25, 0.3) is 11.8 Å². The Labute approximate surface area is 198 Å². The van der Waals surface area contributed by atoms with Crippen molar-refractivity contribution in [3.05, 3.63) is 58.1 Å². The molecule has 0 aromatic heterocycles. The summed E-state index contributed by atoms with van der Waals surface area (Å²) < 4.78 is 10.8. The van der Waals surface area contributed by atoms with Crippen LogP contribution in [0.2, 0.25) is 0 Å². The van der Waals surface area contributed by atoms with Gasteiger partial charge in [-0.25, -0.2) is 5.01 Å². The van der Waals surface area contributed by atoms with Gasteiger partial charge in [-0.3, -0.25) is 15.0 Å². The van der Waals surface area contributed by atoms with E-state index in [9.17, 15) is 9.59 Å². The number of carbonyl (C=O) groups excluding carboxylic acids is 2. The third kappa shape index (κ3) is 6.28. The lowest BCUT2D eigenvalue weighted by molar-refractivity contribution is 0.0270. The molecule has 0 saturated carbocycles. The van der Waals surface area contributed by atoms with E-state index < -0.39 is 0 Å². The number of carbonyl (C=O) groups is 2. The Bertz CT molecular complexity index is 988. The van der Waals surface area contributed by atoms with Gasteiger partial charge in [-0.1, -0.05) is 51.3 Å². The van der Waals surface area contributed by atoms with E-state index in [1.807, 2.05) is 39.0 Å². The van der Waals surface area contributed by atoms with Gasteiger partial charge in [0.05, 0.1) is 25.8 Å². The molecule has 0 fully saturated rings. The molecule has 2 aromatic rings. The first kappa shape index (κ1) is 26.2. The third-order valence-electron chi connectivity index (χ3n) is 5.82. The molecule has 2 amide bonds. The van der Waals surface area contributed by atoms with Crippen LogP contribution in [0.25, 0.3) is 0 Å². The van der Waals surface area contributed by atoms with Crippen LogP contribution in [0, 0.1) is 26.2 Å². The number of amides is 2. The van der Waals surface area contributed by atoms with Gasteiger partial charge >= 0.3 is 0 Å². The quantitative estimate of drug-likeness (QED) is 0.551. The summed E-state index contributed by atoms with van der Waals surface area (Å²) in [6.45, 7) is 14.1. The fourth-order valence-electron chi connectivity index (χ4n) is 4.13. The van der Waals surface area contributed by atoms with E-state index in [1.165, 1.54) is 5.01 Å². The van der Waals surface area contributed by atoms with Crippen molar-refractivity contribution in [1.29, 1.82) is 0 Å². The first-order valence-corrected chi connectivity index (χ1v) is 11.4. The Hall–Kier alpha value is -3.02. The van der Waals surface area contributed by atoms with Crippen LogP contribution in [0.3, 0.4) is 0 Å². The molecule has 2 aromatic carbocycles. The first-order chi connectivity index (χ1) is 15.4. The zero-order valence-electron chi connectivity index (χ0n) is 21.5. The molecule has 6 heteroatoms. The van der Waals surface area contributed by atoms with Gasteiger partial charge in [0.1, 0.15) is 11.5 Å². The number of hydrogen-bond donors (Lipinski definition) is 1. The van der Waals surface area contributed by atoms with Crippen LogP contribution in [0.5, 0.6) is 11.5 Å². The number of rotatable bonds is 7. The van der Waals surface area contributed by atoms with Gasteiger partial charge in [0.15, 0.2) is 0 Å². The molecule has 0 aliphatic rings.